The van der Waals surface area contributed by atoms with Crippen molar-refractivity contribution in [3.63, 3.8) is 0 Å². The molecule has 1 heteroatoms. The van der Waals surface area contributed by atoms with Gasteiger partial charge in [0, 0.05) is 0 Å². The van der Waals surface area contributed by atoms with Crippen LogP contribution in [-0.4, -0.2) is 19.8 Å². The quantitative estimate of drug-likeness (QED) is 0.304. The fourth-order valence-corrected chi connectivity index (χ4v) is 13.7. The van der Waals surface area contributed by atoms with Gasteiger partial charge in [0.15, 0.2) is 0 Å². The second-order valence-corrected chi connectivity index (χ2v) is 15.2. The molecule has 0 fully saturated rings. The summed E-state index contributed by atoms with van der Waals surface area (Å²) in [6.45, 7) is 0. The third-order valence-electron chi connectivity index (χ3n) is 6.52. The second kappa shape index (κ2) is 8.01. The summed E-state index contributed by atoms with van der Waals surface area (Å²) >= 11 is -2.42. The fourth-order valence-electron chi connectivity index (χ4n) is 5.11. The maximum atomic E-state index is 2.43. The second-order valence-electron chi connectivity index (χ2n) is 8.29. The van der Waals surface area contributed by atoms with Gasteiger partial charge in [-0.05, 0) is 0 Å². The molecule has 0 aromatic heterocycles. The number of benzene rings is 4. The molecule has 4 aromatic rings. The minimum atomic E-state index is -2.42. The zero-order valence-corrected chi connectivity index (χ0v) is 20.2. The third kappa shape index (κ3) is 3.30. The molecular weight excluding hydrogens is 479 g/mol. The first-order valence-electron chi connectivity index (χ1n) is 11.0. The van der Waals surface area contributed by atoms with Gasteiger partial charge in [-0.15, -0.1) is 0 Å². The van der Waals surface area contributed by atoms with Gasteiger partial charge in [-0.25, -0.2) is 0 Å². The van der Waals surface area contributed by atoms with Gasteiger partial charge in [-0.3, -0.25) is 0 Å². The third-order valence-corrected chi connectivity index (χ3v) is 14.8. The zero-order valence-electron chi connectivity index (χ0n) is 17.3. The predicted octanol–water partition coefficient (Wildman–Crippen LogP) is 4.98. The Morgan fingerprint density at radius 3 is 2.13 bits per heavy atom. The van der Waals surface area contributed by atoms with Gasteiger partial charge in [0.25, 0.3) is 0 Å². The average molecular weight is 502 g/mol. The van der Waals surface area contributed by atoms with Gasteiger partial charge in [0.2, 0.25) is 0 Å². The first-order valence-corrected chi connectivity index (χ1v) is 15.3. The number of rotatable bonds is 4. The molecule has 0 nitrogen and oxygen atoms in total. The van der Waals surface area contributed by atoms with E-state index in [1.54, 1.807) is 16.3 Å². The van der Waals surface area contributed by atoms with Crippen LogP contribution >= 0.6 is 0 Å². The molecule has 2 aliphatic carbocycles. The fraction of sp³-hybridized carbons (Fsp3) is 0.0667. The summed E-state index contributed by atoms with van der Waals surface area (Å²) < 4.78 is 4.77. The molecule has 0 atom stereocenters. The monoisotopic (exact) mass is 503 g/mol. The Kier molecular flexibility index (Phi) is 4.88. The molecule has 31 heavy (non-hydrogen) atoms. The SMILES string of the molecule is C1=CC(c2cccc[c]2[Sn]([c]2ccccc2)[c]2cccc3c2Cc2ccccc2-3)C=C1. The normalized spacial score (nSPS) is 14.2. The van der Waals surface area contributed by atoms with E-state index in [4.69, 9.17) is 0 Å². The molecule has 0 spiro atoms. The van der Waals surface area contributed by atoms with Crippen molar-refractivity contribution in [3.05, 3.63) is 138 Å². The number of hydrogen-bond donors (Lipinski definition) is 0. The van der Waals surface area contributed by atoms with Crippen molar-refractivity contribution in [2.45, 2.75) is 12.3 Å². The Morgan fingerprint density at radius 1 is 0.581 bits per heavy atom. The van der Waals surface area contributed by atoms with Crippen molar-refractivity contribution in [2.24, 2.45) is 0 Å². The summed E-state index contributed by atoms with van der Waals surface area (Å²) in [7, 11) is 0. The van der Waals surface area contributed by atoms with Crippen LogP contribution in [0.1, 0.15) is 22.6 Å². The first kappa shape index (κ1) is 18.9. The molecule has 0 unspecified atom stereocenters. The molecular formula is C30H23Sn. The van der Waals surface area contributed by atoms with E-state index in [1.807, 2.05) is 0 Å². The Hall–Kier alpha value is -2.84. The molecule has 0 saturated carbocycles. The zero-order chi connectivity index (χ0) is 20.6. The first-order chi connectivity index (χ1) is 15.4. The number of hydrogen-bond acceptors (Lipinski definition) is 0. The molecule has 0 aliphatic heterocycles. The number of fused-ring (bicyclic) bond motifs is 3. The topological polar surface area (TPSA) is 0 Å². The van der Waals surface area contributed by atoms with E-state index in [-0.39, 0.29) is 0 Å². The van der Waals surface area contributed by atoms with E-state index in [2.05, 4.69) is 121 Å². The molecule has 0 saturated heterocycles. The summed E-state index contributed by atoms with van der Waals surface area (Å²) in [5.74, 6) is 0.393. The number of allylic oxidation sites excluding steroid dienone is 4. The van der Waals surface area contributed by atoms with Crippen molar-refractivity contribution in [1.82, 2.24) is 0 Å². The van der Waals surface area contributed by atoms with Gasteiger partial charge >= 0.3 is 192 Å². The van der Waals surface area contributed by atoms with Gasteiger partial charge in [-0.2, -0.15) is 0 Å². The van der Waals surface area contributed by atoms with Gasteiger partial charge < -0.3 is 0 Å². The van der Waals surface area contributed by atoms with E-state index < -0.39 is 19.8 Å². The summed E-state index contributed by atoms with van der Waals surface area (Å²) in [4.78, 5) is 0. The molecule has 0 amide bonds. The molecule has 1 radical (unpaired) electrons. The molecule has 6 rings (SSSR count). The van der Waals surface area contributed by atoms with Crippen molar-refractivity contribution in [1.29, 1.82) is 0 Å². The Bertz CT molecular complexity index is 1300. The summed E-state index contributed by atoms with van der Waals surface area (Å²) in [5, 5.41) is 0. The predicted molar refractivity (Wildman–Crippen MR) is 133 cm³/mol. The van der Waals surface area contributed by atoms with Crippen molar-refractivity contribution < 1.29 is 0 Å². The molecule has 2 aliphatic rings. The standard InChI is InChI=1S/C13H9.C11H9.C6H5.Sn/c1-3-7-12-10(5-1)9-11-6-2-4-8-13(11)12;1-2-6-10(7-3-1)11-8-4-5-9-11;1-2-4-6-5-3-1;/h1-5,7-8H,9H2;1-6,8-9,11H;1-5H;. The molecule has 0 N–H and O–H groups in total. The van der Waals surface area contributed by atoms with Crippen LogP contribution in [0.4, 0.5) is 0 Å². The Balaban J connectivity index is 1.58. The maximum absolute atomic E-state index is 2.43. The van der Waals surface area contributed by atoms with E-state index in [0.29, 0.717) is 5.92 Å². The van der Waals surface area contributed by atoms with Crippen molar-refractivity contribution in [3.8, 4) is 11.1 Å². The average Bonchev–Trinajstić information content (AvgIpc) is 3.49. The molecule has 0 heterocycles. The van der Waals surface area contributed by atoms with E-state index in [1.165, 1.54) is 22.3 Å². The van der Waals surface area contributed by atoms with Crippen LogP contribution in [0.2, 0.25) is 0 Å². The Labute approximate surface area is 191 Å². The van der Waals surface area contributed by atoms with E-state index in [0.717, 1.165) is 6.42 Å². The van der Waals surface area contributed by atoms with Gasteiger partial charge in [0.05, 0.1) is 0 Å². The summed E-state index contributed by atoms with van der Waals surface area (Å²) in [6, 6.07) is 36.5. The molecule has 147 valence electrons. The van der Waals surface area contributed by atoms with E-state index >= 15 is 0 Å². The van der Waals surface area contributed by atoms with Crippen LogP contribution in [0.5, 0.6) is 0 Å². The van der Waals surface area contributed by atoms with Gasteiger partial charge in [0.1, 0.15) is 0 Å². The van der Waals surface area contributed by atoms with E-state index in [9.17, 15) is 0 Å². The van der Waals surface area contributed by atoms with Crippen LogP contribution < -0.4 is 10.7 Å². The van der Waals surface area contributed by atoms with Crippen LogP contribution in [-0.2, 0) is 6.42 Å². The van der Waals surface area contributed by atoms with Crippen LogP contribution in [0.25, 0.3) is 11.1 Å². The summed E-state index contributed by atoms with van der Waals surface area (Å²) in [5.41, 5.74) is 7.38. The van der Waals surface area contributed by atoms with Crippen molar-refractivity contribution in [2.75, 3.05) is 0 Å². The molecule has 4 aromatic carbocycles. The van der Waals surface area contributed by atoms with Crippen LogP contribution in [0.15, 0.2) is 121 Å². The van der Waals surface area contributed by atoms with Crippen LogP contribution in [0, 0.1) is 0 Å². The minimum absolute atomic E-state index is 0.393. The Morgan fingerprint density at radius 2 is 1.26 bits per heavy atom. The van der Waals surface area contributed by atoms with Crippen molar-refractivity contribution >= 4 is 30.5 Å². The molecule has 0 bridgehead atoms. The van der Waals surface area contributed by atoms with Gasteiger partial charge in [-0.1, -0.05) is 0 Å². The van der Waals surface area contributed by atoms with Crippen LogP contribution in [0.3, 0.4) is 0 Å². The summed E-state index contributed by atoms with van der Waals surface area (Å²) in [6.07, 6.45) is 10.1.